The highest BCUT2D eigenvalue weighted by atomic mass is 32.2. The summed E-state index contributed by atoms with van der Waals surface area (Å²) < 4.78 is 5.88. The standard InChI is InChI=1S/C17H24N2OS/c1-3-12(2)20-15-8-5-7-14(10-15)18-17-19-16-9-4-6-13(16)11-21-17/h5,7-8,10,12-13,16H,3-4,6,9,11H2,1-2H3,(H,18,19). The second-order valence-corrected chi connectivity index (χ2v) is 7.00. The van der Waals surface area contributed by atoms with Crippen molar-refractivity contribution in [1.29, 1.82) is 0 Å². The van der Waals surface area contributed by atoms with Crippen LogP contribution in [-0.2, 0) is 0 Å². The molecule has 0 aromatic heterocycles. The van der Waals surface area contributed by atoms with Gasteiger partial charge >= 0.3 is 0 Å². The number of benzene rings is 1. The molecule has 1 aliphatic carbocycles. The number of thioether (sulfide) groups is 1. The summed E-state index contributed by atoms with van der Waals surface area (Å²) >= 11 is 1.86. The summed E-state index contributed by atoms with van der Waals surface area (Å²) in [7, 11) is 0. The van der Waals surface area contributed by atoms with Crippen molar-refractivity contribution in [3.8, 4) is 5.75 Å². The molecule has 0 amide bonds. The molecule has 1 aliphatic heterocycles. The number of hydrogen-bond acceptors (Lipinski definition) is 4. The smallest absolute Gasteiger partial charge is 0.161 e. The topological polar surface area (TPSA) is 33.6 Å². The van der Waals surface area contributed by atoms with Crippen LogP contribution in [0.5, 0.6) is 5.75 Å². The monoisotopic (exact) mass is 304 g/mol. The zero-order valence-corrected chi connectivity index (χ0v) is 13.7. The molecule has 1 aromatic rings. The molecule has 2 aliphatic rings. The lowest BCUT2D eigenvalue weighted by Gasteiger charge is -2.23. The molecular formula is C17H24N2OS. The van der Waals surface area contributed by atoms with Crippen molar-refractivity contribution < 1.29 is 4.74 Å². The van der Waals surface area contributed by atoms with Crippen molar-refractivity contribution >= 4 is 22.6 Å². The predicted molar refractivity (Wildman–Crippen MR) is 91.5 cm³/mol. The summed E-state index contributed by atoms with van der Waals surface area (Å²) in [4.78, 5) is 4.87. The fraction of sp³-hybridized carbons (Fsp3) is 0.588. The zero-order chi connectivity index (χ0) is 14.7. The maximum atomic E-state index is 5.88. The summed E-state index contributed by atoms with van der Waals surface area (Å²) in [5, 5.41) is 4.53. The van der Waals surface area contributed by atoms with Gasteiger partial charge in [-0.05, 0) is 44.2 Å². The molecule has 3 unspecified atom stereocenters. The molecule has 0 radical (unpaired) electrons. The Morgan fingerprint density at radius 1 is 1.43 bits per heavy atom. The Morgan fingerprint density at radius 3 is 3.19 bits per heavy atom. The molecule has 1 N–H and O–H groups in total. The van der Waals surface area contributed by atoms with Crippen LogP contribution in [0.3, 0.4) is 0 Å². The van der Waals surface area contributed by atoms with Gasteiger partial charge in [-0.1, -0.05) is 31.2 Å². The average molecular weight is 304 g/mol. The lowest BCUT2D eigenvalue weighted by Crippen LogP contribution is -2.25. The van der Waals surface area contributed by atoms with E-state index in [2.05, 4.69) is 31.3 Å². The van der Waals surface area contributed by atoms with Crippen LogP contribution >= 0.6 is 11.8 Å². The van der Waals surface area contributed by atoms with Crippen molar-refractivity contribution in [2.45, 2.75) is 51.7 Å². The lowest BCUT2D eigenvalue weighted by atomic mass is 10.1. The molecule has 0 spiro atoms. The Morgan fingerprint density at radius 2 is 2.33 bits per heavy atom. The van der Waals surface area contributed by atoms with E-state index in [1.165, 1.54) is 25.0 Å². The first-order chi connectivity index (χ1) is 10.2. The van der Waals surface area contributed by atoms with Crippen LogP contribution in [0, 0.1) is 5.92 Å². The van der Waals surface area contributed by atoms with E-state index in [4.69, 9.17) is 9.73 Å². The van der Waals surface area contributed by atoms with Crippen molar-refractivity contribution in [3.63, 3.8) is 0 Å². The first-order valence-electron chi connectivity index (χ1n) is 7.99. The van der Waals surface area contributed by atoms with Crippen LogP contribution in [-0.4, -0.2) is 23.1 Å². The molecule has 1 heterocycles. The molecule has 21 heavy (non-hydrogen) atoms. The van der Waals surface area contributed by atoms with Crippen molar-refractivity contribution in [1.82, 2.24) is 0 Å². The van der Waals surface area contributed by atoms with Crippen LogP contribution < -0.4 is 10.1 Å². The largest absolute Gasteiger partial charge is 0.491 e. The lowest BCUT2D eigenvalue weighted by molar-refractivity contribution is 0.217. The van der Waals surface area contributed by atoms with Gasteiger partial charge in [0.05, 0.1) is 12.1 Å². The molecule has 0 saturated heterocycles. The van der Waals surface area contributed by atoms with E-state index in [1.54, 1.807) is 0 Å². The second-order valence-electron chi connectivity index (χ2n) is 5.99. The Hall–Kier alpha value is -1.16. The van der Waals surface area contributed by atoms with E-state index in [0.717, 1.165) is 28.9 Å². The van der Waals surface area contributed by atoms with Crippen molar-refractivity contribution in [2.75, 3.05) is 11.1 Å². The van der Waals surface area contributed by atoms with E-state index < -0.39 is 0 Å². The second kappa shape index (κ2) is 6.73. The van der Waals surface area contributed by atoms with Crippen LogP contribution in [0.4, 0.5) is 5.69 Å². The quantitative estimate of drug-likeness (QED) is 0.886. The van der Waals surface area contributed by atoms with Gasteiger partial charge in [-0.15, -0.1) is 0 Å². The number of rotatable bonds is 4. The number of ether oxygens (including phenoxy) is 1. The van der Waals surface area contributed by atoms with Crippen molar-refractivity contribution in [2.24, 2.45) is 10.9 Å². The molecule has 0 bridgehead atoms. The third-order valence-corrected chi connectivity index (χ3v) is 5.41. The molecule has 114 valence electrons. The third-order valence-electron chi connectivity index (χ3n) is 4.33. The Balaban J connectivity index is 1.66. The summed E-state index contributed by atoms with van der Waals surface area (Å²) in [6.45, 7) is 4.24. The van der Waals surface area contributed by atoms with Gasteiger partial charge in [0, 0.05) is 17.5 Å². The van der Waals surface area contributed by atoms with Gasteiger partial charge in [-0.25, -0.2) is 0 Å². The first-order valence-corrected chi connectivity index (χ1v) is 8.97. The SMILES string of the molecule is CCC(C)Oc1cccc(NC2=NC3CCCC3CS2)c1. The number of hydrogen-bond donors (Lipinski definition) is 1. The normalized spacial score (nSPS) is 25.9. The number of anilines is 1. The maximum Gasteiger partial charge on any atom is 0.161 e. The number of nitrogens with zero attached hydrogens (tertiary/aromatic N) is 1. The summed E-state index contributed by atoms with van der Waals surface area (Å²) in [5.74, 6) is 2.94. The minimum absolute atomic E-state index is 0.251. The number of nitrogens with one attached hydrogen (secondary N) is 1. The molecule has 3 nitrogen and oxygen atoms in total. The summed E-state index contributed by atoms with van der Waals surface area (Å²) in [6, 6.07) is 8.74. The highest BCUT2D eigenvalue weighted by Gasteiger charge is 2.30. The zero-order valence-electron chi connectivity index (χ0n) is 12.8. The minimum Gasteiger partial charge on any atom is -0.491 e. The summed E-state index contributed by atoms with van der Waals surface area (Å²) in [5.41, 5.74) is 1.07. The van der Waals surface area contributed by atoms with E-state index in [-0.39, 0.29) is 6.10 Å². The first kappa shape index (κ1) is 14.8. The van der Waals surface area contributed by atoms with Gasteiger partial charge in [-0.2, -0.15) is 0 Å². The van der Waals surface area contributed by atoms with Gasteiger partial charge in [-0.3, -0.25) is 4.99 Å². The molecule has 1 fully saturated rings. The average Bonchev–Trinajstić information content (AvgIpc) is 2.95. The minimum atomic E-state index is 0.251. The van der Waals surface area contributed by atoms with E-state index >= 15 is 0 Å². The molecule has 3 atom stereocenters. The highest BCUT2D eigenvalue weighted by molar-refractivity contribution is 8.14. The summed E-state index contributed by atoms with van der Waals surface area (Å²) in [6.07, 6.45) is 5.22. The van der Waals surface area contributed by atoms with Crippen LogP contribution in [0.2, 0.25) is 0 Å². The van der Waals surface area contributed by atoms with Gasteiger partial charge < -0.3 is 10.1 Å². The van der Waals surface area contributed by atoms with Crippen LogP contribution in [0.25, 0.3) is 0 Å². The van der Waals surface area contributed by atoms with E-state index in [0.29, 0.717) is 6.04 Å². The van der Waals surface area contributed by atoms with Crippen LogP contribution in [0.1, 0.15) is 39.5 Å². The Bertz CT molecular complexity index is 517. The molecule has 1 saturated carbocycles. The number of fused-ring (bicyclic) bond motifs is 1. The number of amidine groups is 1. The van der Waals surface area contributed by atoms with E-state index in [9.17, 15) is 0 Å². The van der Waals surface area contributed by atoms with E-state index in [1.807, 2.05) is 23.9 Å². The van der Waals surface area contributed by atoms with Gasteiger partial charge in [0.15, 0.2) is 5.17 Å². The molecular weight excluding hydrogens is 280 g/mol. The number of aliphatic imine (C=N–C) groups is 1. The highest BCUT2D eigenvalue weighted by Crippen LogP contribution is 2.35. The molecule has 1 aromatic carbocycles. The molecule has 3 rings (SSSR count). The van der Waals surface area contributed by atoms with Gasteiger partial charge in [0.25, 0.3) is 0 Å². The third kappa shape index (κ3) is 3.73. The maximum absolute atomic E-state index is 5.88. The Kier molecular flexibility index (Phi) is 4.73. The molecule has 4 heteroatoms. The fourth-order valence-corrected chi connectivity index (χ4v) is 4.07. The van der Waals surface area contributed by atoms with Crippen LogP contribution in [0.15, 0.2) is 29.3 Å². The fourth-order valence-electron chi connectivity index (χ4n) is 2.91. The van der Waals surface area contributed by atoms with Gasteiger partial charge in [0.2, 0.25) is 0 Å². The predicted octanol–water partition coefficient (Wildman–Crippen LogP) is 4.55. The van der Waals surface area contributed by atoms with Gasteiger partial charge in [0.1, 0.15) is 5.75 Å². The Labute approximate surface area is 131 Å². The van der Waals surface area contributed by atoms with Crippen molar-refractivity contribution in [3.05, 3.63) is 24.3 Å².